The van der Waals surface area contributed by atoms with Crippen molar-refractivity contribution in [2.24, 2.45) is 5.92 Å². The van der Waals surface area contributed by atoms with E-state index in [1.807, 2.05) is 44.2 Å². The summed E-state index contributed by atoms with van der Waals surface area (Å²) < 4.78 is 5.45. The van der Waals surface area contributed by atoms with Gasteiger partial charge in [-0.25, -0.2) is 4.79 Å². The Balaban J connectivity index is 2.48. The van der Waals surface area contributed by atoms with Gasteiger partial charge in [0.15, 0.2) is 0 Å². The summed E-state index contributed by atoms with van der Waals surface area (Å²) in [7, 11) is 0. The van der Waals surface area contributed by atoms with E-state index in [0.29, 0.717) is 24.9 Å². The first-order chi connectivity index (χ1) is 18.9. The highest BCUT2D eigenvalue weighted by atomic mass is 16.6. The van der Waals surface area contributed by atoms with Crippen LogP contribution in [0.1, 0.15) is 90.8 Å². The van der Waals surface area contributed by atoms with Crippen LogP contribution in [0.5, 0.6) is 5.75 Å². The third kappa shape index (κ3) is 10.9. The molecule has 8 nitrogen and oxygen atoms in total. The predicted octanol–water partition coefficient (Wildman–Crippen LogP) is 6.10. The van der Waals surface area contributed by atoms with Crippen LogP contribution in [0.15, 0.2) is 54.6 Å². The maximum atomic E-state index is 14.2. The van der Waals surface area contributed by atoms with Crippen molar-refractivity contribution in [3.8, 4) is 5.75 Å². The largest absolute Gasteiger partial charge is 0.508 e. The van der Waals surface area contributed by atoms with Gasteiger partial charge in [0.2, 0.25) is 11.8 Å². The van der Waals surface area contributed by atoms with Gasteiger partial charge in [0.1, 0.15) is 23.4 Å². The maximum Gasteiger partial charge on any atom is 0.408 e. The van der Waals surface area contributed by atoms with E-state index in [9.17, 15) is 19.5 Å². The summed E-state index contributed by atoms with van der Waals surface area (Å²) in [5.74, 6) is -0.788. The molecule has 220 valence electrons. The number of rotatable bonds is 14. The number of phenolic OH excluding ortho intramolecular Hbond substituents is 1. The van der Waals surface area contributed by atoms with Gasteiger partial charge in [-0.3, -0.25) is 9.59 Å². The van der Waals surface area contributed by atoms with E-state index in [1.165, 1.54) is 11.0 Å². The van der Waals surface area contributed by atoms with Gasteiger partial charge >= 0.3 is 6.09 Å². The van der Waals surface area contributed by atoms with Crippen molar-refractivity contribution in [2.45, 2.75) is 97.9 Å². The third-order valence-corrected chi connectivity index (χ3v) is 6.33. The molecule has 2 aromatic carbocycles. The Morgan fingerprint density at radius 1 is 0.950 bits per heavy atom. The van der Waals surface area contributed by atoms with Gasteiger partial charge in [-0.15, -0.1) is 0 Å². The summed E-state index contributed by atoms with van der Waals surface area (Å²) in [5.41, 5.74) is 0.514. The molecule has 3 amide bonds. The van der Waals surface area contributed by atoms with Crippen LogP contribution in [0.2, 0.25) is 0 Å². The first kappa shape index (κ1) is 32.7. The standard InChI is InChI=1S/C32H47N3O5/c1-7-8-9-15-20-35(30(38)26(21-23(2)3)34-31(39)40-32(4,5)6)28(25-18-13-14-19-27(25)36)29(37)33-22-24-16-11-10-12-17-24/h10-14,16-19,23,26,28,36H,7-9,15,20-22H2,1-6H3,(H,33,37)(H,34,39). The molecule has 40 heavy (non-hydrogen) atoms. The second-order valence-electron chi connectivity index (χ2n) is 11.6. The van der Waals surface area contributed by atoms with Crippen LogP contribution in [0.4, 0.5) is 4.79 Å². The molecule has 2 aromatic rings. The molecule has 2 rings (SSSR count). The van der Waals surface area contributed by atoms with Crippen LogP contribution in [0.25, 0.3) is 0 Å². The minimum atomic E-state index is -1.09. The van der Waals surface area contributed by atoms with Crippen molar-refractivity contribution in [3.05, 3.63) is 65.7 Å². The number of nitrogens with one attached hydrogen (secondary N) is 2. The molecule has 0 heterocycles. The van der Waals surface area contributed by atoms with Gasteiger partial charge in [0, 0.05) is 18.7 Å². The van der Waals surface area contributed by atoms with Gasteiger partial charge in [0.25, 0.3) is 0 Å². The number of amides is 3. The van der Waals surface area contributed by atoms with Gasteiger partial charge < -0.3 is 25.4 Å². The molecular formula is C32H47N3O5. The van der Waals surface area contributed by atoms with Crippen LogP contribution < -0.4 is 10.6 Å². The molecule has 0 aliphatic rings. The zero-order chi connectivity index (χ0) is 29.7. The minimum Gasteiger partial charge on any atom is -0.508 e. The summed E-state index contributed by atoms with van der Waals surface area (Å²) in [4.78, 5) is 42.3. The normalized spacial score (nSPS) is 12.9. The zero-order valence-corrected chi connectivity index (χ0v) is 24.9. The van der Waals surface area contributed by atoms with Crippen molar-refractivity contribution >= 4 is 17.9 Å². The van der Waals surface area contributed by atoms with Crippen LogP contribution in [-0.4, -0.2) is 46.1 Å². The lowest BCUT2D eigenvalue weighted by molar-refractivity contribution is -0.143. The Labute approximate surface area is 239 Å². The lowest BCUT2D eigenvalue weighted by atomic mass is 9.98. The number of ether oxygens (including phenoxy) is 1. The number of benzene rings is 2. The number of carbonyl (C=O) groups excluding carboxylic acids is 3. The lowest BCUT2D eigenvalue weighted by Gasteiger charge is -2.35. The second kappa shape index (κ2) is 15.9. The maximum absolute atomic E-state index is 14.2. The summed E-state index contributed by atoms with van der Waals surface area (Å²) in [6.07, 6.45) is 3.25. The fourth-order valence-corrected chi connectivity index (χ4v) is 4.47. The molecule has 0 bridgehead atoms. The molecule has 2 unspecified atom stereocenters. The Kier molecular flexibility index (Phi) is 13.0. The second-order valence-corrected chi connectivity index (χ2v) is 11.6. The van der Waals surface area contributed by atoms with Crippen molar-refractivity contribution in [2.75, 3.05) is 6.54 Å². The summed E-state index contributed by atoms with van der Waals surface area (Å²) in [6, 6.07) is 14.1. The molecule has 2 atom stereocenters. The topological polar surface area (TPSA) is 108 Å². The Hall–Kier alpha value is -3.55. The predicted molar refractivity (Wildman–Crippen MR) is 158 cm³/mol. The van der Waals surface area contributed by atoms with E-state index in [2.05, 4.69) is 17.6 Å². The molecule has 0 spiro atoms. The first-order valence-corrected chi connectivity index (χ1v) is 14.3. The van der Waals surface area contributed by atoms with Crippen molar-refractivity contribution in [1.29, 1.82) is 0 Å². The summed E-state index contributed by atoms with van der Waals surface area (Å²) in [5, 5.41) is 16.5. The molecule has 0 saturated heterocycles. The number of carbonyl (C=O) groups is 3. The number of phenols is 1. The van der Waals surface area contributed by atoms with E-state index in [1.54, 1.807) is 39.0 Å². The number of hydrogen-bond acceptors (Lipinski definition) is 5. The summed E-state index contributed by atoms with van der Waals surface area (Å²) in [6.45, 7) is 11.9. The van der Waals surface area contributed by atoms with Gasteiger partial charge in [-0.05, 0) is 51.2 Å². The molecule has 8 heteroatoms. The number of aromatic hydroxyl groups is 1. The molecule has 0 aliphatic carbocycles. The first-order valence-electron chi connectivity index (χ1n) is 14.3. The Morgan fingerprint density at radius 2 is 1.60 bits per heavy atom. The average Bonchev–Trinajstić information content (AvgIpc) is 2.88. The molecule has 0 aromatic heterocycles. The molecule has 0 fully saturated rings. The highest BCUT2D eigenvalue weighted by molar-refractivity contribution is 5.92. The van der Waals surface area contributed by atoms with E-state index in [0.717, 1.165) is 24.8 Å². The fourth-order valence-electron chi connectivity index (χ4n) is 4.47. The lowest BCUT2D eigenvalue weighted by Crippen LogP contribution is -2.53. The molecule has 0 saturated carbocycles. The average molecular weight is 554 g/mol. The van der Waals surface area contributed by atoms with Crippen molar-refractivity contribution in [1.82, 2.24) is 15.5 Å². The highest BCUT2D eigenvalue weighted by Gasteiger charge is 2.37. The fraction of sp³-hybridized carbons (Fsp3) is 0.531. The van der Waals surface area contributed by atoms with Crippen LogP contribution in [-0.2, 0) is 20.9 Å². The number of alkyl carbamates (subject to hydrolysis) is 1. The number of nitrogens with zero attached hydrogens (tertiary/aromatic N) is 1. The monoisotopic (exact) mass is 553 g/mol. The van der Waals surface area contributed by atoms with Crippen molar-refractivity contribution < 1.29 is 24.2 Å². The molecule has 0 radical (unpaired) electrons. The van der Waals surface area contributed by atoms with Crippen LogP contribution >= 0.6 is 0 Å². The molecule has 0 aliphatic heterocycles. The highest BCUT2D eigenvalue weighted by Crippen LogP contribution is 2.31. The van der Waals surface area contributed by atoms with Gasteiger partial charge in [-0.1, -0.05) is 88.6 Å². The SMILES string of the molecule is CCCCCCN(C(=O)C(CC(C)C)NC(=O)OC(C)(C)C)C(C(=O)NCc1ccccc1)c1ccccc1O. The van der Waals surface area contributed by atoms with Gasteiger partial charge in [-0.2, -0.15) is 0 Å². The number of unbranched alkanes of at least 4 members (excludes halogenated alkanes) is 3. The van der Waals surface area contributed by atoms with Gasteiger partial charge in [0.05, 0.1) is 0 Å². The van der Waals surface area contributed by atoms with Crippen LogP contribution in [0, 0.1) is 5.92 Å². The number of para-hydroxylation sites is 1. The third-order valence-electron chi connectivity index (χ3n) is 6.33. The Morgan fingerprint density at radius 3 is 2.20 bits per heavy atom. The van der Waals surface area contributed by atoms with E-state index >= 15 is 0 Å². The van der Waals surface area contributed by atoms with Crippen LogP contribution in [0.3, 0.4) is 0 Å². The van der Waals surface area contributed by atoms with Crippen molar-refractivity contribution in [3.63, 3.8) is 0 Å². The van der Waals surface area contributed by atoms with E-state index < -0.39 is 29.7 Å². The van der Waals surface area contributed by atoms with E-state index in [-0.39, 0.29) is 24.1 Å². The molecule has 3 N–H and O–H groups in total. The number of hydrogen-bond donors (Lipinski definition) is 3. The minimum absolute atomic E-state index is 0.0748. The summed E-state index contributed by atoms with van der Waals surface area (Å²) >= 11 is 0. The zero-order valence-electron chi connectivity index (χ0n) is 24.9. The quantitative estimate of drug-likeness (QED) is 0.245. The smallest absolute Gasteiger partial charge is 0.408 e. The van der Waals surface area contributed by atoms with E-state index in [4.69, 9.17) is 4.74 Å². The molecular weight excluding hydrogens is 506 g/mol. The Bertz CT molecular complexity index is 1080.